The van der Waals surface area contributed by atoms with Gasteiger partial charge in [-0.2, -0.15) is 0 Å². The number of fused-ring (bicyclic) bond motifs is 1. The Balaban J connectivity index is 1.46. The van der Waals surface area contributed by atoms with Crippen LogP contribution in [-0.4, -0.2) is 62.7 Å². The molecule has 4 rings (SSSR count). The number of hydrogen-bond donors (Lipinski definition) is 0. The van der Waals surface area contributed by atoms with Crippen LogP contribution in [0.15, 0.2) is 28.7 Å². The van der Waals surface area contributed by atoms with E-state index in [2.05, 4.69) is 17.0 Å². The van der Waals surface area contributed by atoms with Crippen LogP contribution in [0.25, 0.3) is 0 Å². The van der Waals surface area contributed by atoms with E-state index in [9.17, 15) is 4.79 Å². The van der Waals surface area contributed by atoms with Gasteiger partial charge in [0.15, 0.2) is 17.3 Å². The molecule has 0 bridgehead atoms. The van der Waals surface area contributed by atoms with Gasteiger partial charge in [0.05, 0.1) is 21.3 Å². The molecule has 0 saturated carbocycles. The first-order chi connectivity index (χ1) is 14.1. The number of hydrogen-bond acceptors (Lipinski definition) is 6. The summed E-state index contributed by atoms with van der Waals surface area (Å²) in [5.41, 5.74) is 2.58. The number of carbonyl (C=O) groups excluding carboxylic acids is 1. The molecule has 2 aromatic rings. The summed E-state index contributed by atoms with van der Waals surface area (Å²) in [5.74, 6) is 2.17. The number of carbonyl (C=O) groups is 1. The minimum atomic E-state index is -0.0678. The van der Waals surface area contributed by atoms with Crippen molar-refractivity contribution in [2.24, 2.45) is 0 Å². The highest BCUT2D eigenvalue weighted by atomic mass is 16.6. The first-order valence-corrected chi connectivity index (χ1v) is 10.0. The van der Waals surface area contributed by atoms with Crippen molar-refractivity contribution in [1.82, 2.24) is 9.80 Å². The molecule has 0 N–H and O–H groups in total. The molecule has 1 atom stereocenters. The van der Waals surface area contributed by atoms with E-state index >= 15 is 0 Å². The first kappa shape index (κ1) is 19.6. The smallest absolute Gasteiger partial charge is 0.289 e. The summed E-state index contributed by atoms with van der Waals surface area (Å²) < 4.78 is 21.4. The van der Waals surface area contributed by atoms with Crippen LogP contribution < -0.4 is 14.2 Å². The van der Waals surface area contributed by atoms with Crippen molar-refractivity contribution in [1.29, 1.82) is 0 Å². The van der Waals surface area contributed by atoms with Gasteiger partial charge in [0.1, 0.15) is 0 Å². The highest BCUT2D eigenvalue weighted by Crippen LogP contribution is 2.34. The molecule has 2 aliphatic rings. The van der Waals surface area contributed by atoms with Gasteiger partial charge in [-0.3, -0.25) is 9.69 Å². The Kier molecular flexibility index (Phi) is 5.67. The van der Waals surface area contributed by atoms with E-state index in [0.29, 0.717) is 24.3 Å². The van der Waals surface area contributed by atoms with Crippen LogP contribution in [0.3, 0.4) is 0 Å². The molecule has 1 saturated heterocycles. The number of rotatable bonds is 5. The van der Waals surface area contributed by atoms with E-state index in [-0.39, 0.29) is 5.91 Å². The molecule has 0 aliphatic carbocycles. The lowest BCUT2D eigenvalue weighted by atomic mass is 9.95. The Morgan fingerprint density at radius 1 is 1.03 bits per heavy atom. The van der Waals surface area contributed by atoms with Crippen molar-refractivity contribution in [2.75, 3.05) is 41.0 Å². The first-order valence-electron chi connectivity index (χ1n) is 10.0. The molecule has 0 spiro atoms. The molecular formula is C22H28N2O5. The van der Waals surface area contributed by atoms with E-state index in [1.807, 2.05) is 4.90 Å². The van der Waals surface area contributed by atoms with Crippen molar-refractivity contribution >= 4 is 5.91 Å². The van der Waals surface area contributed by atoms with Crippen molar-refractivity contribution in [2.45, 2.75) is 31.8 Å². The Bertz CT molecular complexity index is 878. The monoisotopic (exact) mass is 400 g/mol. The lowest BCUT2D eigenvalue weighted by Gasteiger charge is -2.41. The van der Waals surface area contributed by atoms with E-state index in [0.717, 1.165) is 50.4 Å². The molecule has 1 unspecified atom stereocenters. The quantitative estimate of drug-likeness (QED) is 0.769. The summed E-state index contributed by atoms with van der Waals surface area (Å²) in [7, 11) is 4.86. The standard InChI is InChI=1S/C22H28N2O5/c1-26-19-11-15-8-10-23(13-16(15)12-20(19)27-2)17-5-4-9-24(14-17)22(25)18-6-7-21(28-3)29-18/h6-7,11-12,17H,4-5,8-10,13-14H2,1-3H3. The molecule has 1 amide bonds. The topological polar surface area (TPSA) is 64.4 Å². The highest BCUT2D eigenvalue weighted by molar-refractivity contribution is 5.91. The average Bonchev–Trinajstić information content (AvgIpc) is 3.26. The minimum Gasteiger partial charge on any atom is -0.493 e. The van der Waals surface area contributed by atoms with Crippen LogP contribution in [0, 0.1) is 0 Å². The van der Waals surface area contributed by atoms with E-state index in [4.69, 9.17) is 18.6 Å². The Hall–Kier alpha value is -2.67. The third-order valence-corrected chi connectivity index (χ3v) is 5.94. The second-order valence-electron chi connectivity index (χ2n) is 7.57. The van der Waals surface area contributed by atoms with Crippen LogP contribution in [0.5, 0.6) is 17.4 Å². The Labute approximate surface area is 171 Å². The van der Waals surface area contributed by atoms with Gasteiger partial charge in [-0.25, -0.2) is 0 Å². The highest BCUT2D eigenvalue weighted by Gasteiger charge is 2.31. The van der Waals surface area contributed by atoms with Crippen molar-refractivity contribution < 1.29 is 23.4 Å². The van der Waals surface area contributed by atoms with Crippen molar-refractivity contribution in [3.8, 4) is 17.4 Å². The number of amides is 1. The maximum atomic E-state index is 12.8. The molecule has 156 valence electrons. The molecule has 29 heavy (non-hydrogen) atoms. The van der Waals surface area contributed by atoms with Gasteiger partial charge in [0.25, 0.3) is 11.9 Å². The third-order valence-electron chi connectivity index (χ3n) is 5.94. The van der Waals surface area contributed by atoms with Crippen LogP contribution >= 0.6 is 0 Å². The molecule has 1 aromatic heterocycles. The predicted molar refractivity (Wildman–Crippen MR) is 108 cm³/mol. The summed E-state index contributed by atoms with van der Waals surface area (Å²) in [6.07, 6.45) is 3.05. The number of nitrogens with zero attached hydrogens (tertiary/aromatic N) is 2. The fourth-order valence-electron chi connectivity index (χ4n) is 4.35. The zero-order chi connectivity index (χ0) is 20.4. The van der Waals surface area contributed by atoms with Gasteiger partial charge in [0.2, 0.25) is 0 Å². The number of piperidine rings is 1. The normalized spacial score (nSPS) is 19.6. The second-order valence-corrected chi connectivity index (χ2v) is 7.57. The SMILES string of the molecule is COc1ccc(C(=O)N2CCCC(N3CCc4cc(OC)c(OC)cc4C3)C2)o1. The number of furan rings is 1. The fourth-order valence-corrected chi connectivity index (χ4v) is 4.35. The van der Waals surface area contributed by atoms with Gasteiger partial charge in [-0.15, -0.1) is 0 Å². The molecule has 2 aliphatic heterocycles. The zero-order valence-corrected chi connectivity index (χ0v) is 17.3. The minimum absolute atomic E-state index is 0.0678. The fraction of sp³-hybridized carbons (Fsp3) is 0.500. The number of methoxy groups -OCH3 is 3. The van der Waals surface area contributed by atoms with Gasteiger partial charge in [-0.1, -0.05) is 0 Å². The molecule has 1 aromatic carbocycles. The molecule has 3 heterocycles. The summed E-state index contributed by atoms with van der Waals surface area (Å²) in [5, 5.41) is 0. The second kappa shape index (κ2) is 8.37. The van der Waals surface area contributed by atoms with Crippen LogP contribution in [0.2, 0.25) is 0 Å². The predicted octanol–water partition coefficient (Wildman–Crippen LogP) is 2.97. The van der Waals surface area contributed by atoms with Crippen molar-refractivity contribution in [3.63, 3.8) is 0 Å². The zero-order valence-electron chi connectivity index (χ0n) is 17.3. The third kappa shape index (κ3) is 3.92. The largest absolute Gasteiger partial charge is 0.493 e. The Morgan fingerprint density at radius 3 is 2.48 bits per heavy atom. The van der Waals surface area contributed by atoms with Crippen molar-refractivity contribution in [3.05, 3.63) is 41.2 Å². The van der Waals surface area contributed by atoms with E-state index in [1.165, 1.54) is 18.2 Å². The molecule has 0 radical (unpaired) electrons. The molecule has 7 heteroatoms. The summed E-state index contributed by atoms with van der Waals surface area (Å²) in [6.45, 7) is 3.30. The van der Waals surface area contributed by atoms with Crippen LogP contribution in [0.1, 0.15) is 34.5 Å². The summed E-state index contributed by atoms with van der Waals surface area (Å²) >= 11 is 0. The van der Waals surface area contributed by atoms with Crippen LogP contribution in [-0.2, 0) is 13.0 Å². The maximum absolute atomic E-state index is 12.8. The number of benzene rings is 1. The summed E-state index contributed by atoms with van der Waals surface area (Å²) in [6, 6.07) is 7.87. The maximum Gasteiger partial charge on any atom is 0.289 e. The van der Waals surface area contributed by atoms with E-state index < -0.39 is 0 Å². The van der Waals surface area contributed by atoms with Crippen LogP contribution in [0.4, 0.5) is 0 Å². The Morgan fingerprint density at radius 2 is 1.79 bits per heavy atom. The lowest BCUT2D eigenvalue weighted by molar-refractivity contribution is 0.0516. The van der Waals surface area contributed by atoms with E-state index in [1.54, 1.807) is 26.4 Å². The number of ether oxygens (including phenoxy) is 3. The summed E-state index contributed by atoms with van der Waals surface area (Å²) in [4.78, 5) is 17.2. The average molecular weight is 400 g/mol. The number of likely N-dealkylation sites (tertiary alicyclic amines) is 1. The van der Waals surface area contributed by atoms with Gasteiger partial charge in [-0.05, 0) is 48.6 Å². The van der Waals surface area contributed by atoms with Gasteiger partial charge in [0, 0.05) is 38.3 Å². The van der Waals surface area contributed by atoms with Gasteiger partial charge < -0.3 is 23.5 Å². The molecule has 1 fully saturated rings. The lowest BCUT2D eigenvalue weighted by Crippen LogP contribution is -2.50. The molecule has 7 nitrogen and oxygen atoms in total. The molecular weight excluding hydrogens is 372 g/mol. The van der Waals surface area contributed by atoms with Gasteiger partial charge >= 0.3 is 0 Å².